The molecule has 0 rings (SSSR count). The van der Waals surface area contributed by atoms with Gasteiger partial charge in [-0.2, -0.15) is 0 Å². The third-order valence-corrected chi connectivity index (χ3v) is 5.98. The second-order valence-electron chi connectivity index (χ2n) is 6.89. The van der Waals surface area contributed by atoms with Crippen LogP contribution in [0.4, 0.5) is 0 Å². The maximum atomic E-state index is 12.0. The molecule has 0 aliphatic carbocycles. The van der Waals surface area contributed by atoms with Crippen LogP contribution < -0.4 is 0 Å². The maximum absolute atomic E-state index is 12.0. The van der Waals surface area contributed by atoms with Crippen LogP contribution in [0, 0.1) is 0 Å². The maximum Gasteiger partial charge on any atom is 0.508 e. The molecule has 0 saturated carbocycles. The molecule has 31 heavy (non-hydrogen) atoms. The number of unbranched alkanes of at least 4 members (excludes halogenated alkanes) is 2. The van der Waals surface area contributed by atoms with E-state index < -0.39 is 34.7 Å². The molecule has 0 aromatic rings. The summed E-state index contributed by atoms with van der Waals surface area (Å²) in [6, 6.07) is 0. The lowest BCUT2D eigenvalue weighted by Crippen LogP contribution is -2.28. The van der Waals surface area contributed by atoms with Crippen LogP contribution in [0.15, 0.2) is 0 Å². The molecule has 0 fully saturated rings. The van der Waals surface area contributed by atoms with Crippen molar-refractivity contribution in [1.29, 1.82) is 0 Å². The molecule has 0 aromatic carbocycles. The van der Waals surface area contributed by atoms with Crippen LogP contribution in [-0.4, -0.2) is 87.0 Å². The summed E-state index contributed by atoms with van der Waals surface area (Å²) in [5.74, 6) is 0. The van der Waals surface area contributed by atoms with Crippen molar-refractivity contribution in [3.8, 4) is 0 Å². The summed E-state index contributed by atoms with van der Waals surface area (Å²) >= 11 is 0. The predicted molar refractivity (Wildman–Crippen MR) is 117 cm³/mol. The third kappa shape index (κ3) is 20.2. The Balaban J connectivity index is 3.81. The fourth-order valence-electron chi connectivity index (χ4n) is 2.23. The second-order valence-corrected chi connectivity index (χ2v) is 9.63. The molecule has 10 nitrogen and oxygen atoms in total. The van der Waals surface area contributed by atoms with Crippen LogP contribution in [0.1, 0.15) is 47.0 Å². The minimum absolute atomic E-state index is 0.00307. The Kier molecular flexibility index (Phi) is 20.4. The van der Waals surface area contributed by atoms with Crippen LogP contribution in [0.3, 0.4) is 0 Å². The molecule has 2 N–H and O–H groups in total. The summed E-state index contributed by atoms with van der Waals surface area (Å²) < 4.78 is 55.4. The topological polar surface area (TPSA) is 130 Å². The van der Waals surface area contributed by atoms with Crippen molar-refractivity contribution in [2.24, 2.45) is 0 Å². The lowest BCUT2D eigenvalue weighted by atomic mass is 10.3. The van der Waals surface area contributed by atoms with Crippen molar-refractivity contribution in [2.75, 3.05) is 52.0 Å². The van der Waals surface area contributed by atoms with E-state index in [1.165, 1.54) is 0 Å². The number of aliphatic hydroxyl groups excluding tert-OH is 2. The van der Waals surface area contributed by atoms with E-state index in [4.69, 9.17) is 33.1 Å². The number of hydrogen-bond donors (Lipinski definition) is 2. The Bertz CT molecular complexity index is 467. The van der Waals surface area contributed by atoms with Crippen molar-refractivity contribution in [3.05, 3.63) is 0 Å². The first-order valence-corrected chi connectivity index (χ1v) is 13.5. The van der Waals surface area contributed by atoms with Crippen molar-refractivity contribution in [1.82, 2.24) is 0 Å². The predicted octanol–water partition coefficient (Wildman–Crippen LogP) is 3.19. The van der Waals surface area contributed by atoms with Gasteiger partial charge in [-0.1, -0.05) is 0 Å². The molecule has 0 radical (unpaired) electrons. The minimum atomic E-state index is -1.86. The Hall–Kier alpha value is -0.120. The zero-order chi connectivity index (χ0) is 23.5. The zero-order valence-electron chi connectivity index (χ0n) is 19.1. The molecule has 12 heteroatoms. The van der Waals surface area contributed by atoms with E-state index in [2.05, 4.69) is 0 Å². The summed E-state index contributed by atoms with van der Waals surface area (Å²) in [5, 5.41) is 18.7. The van der Waals surface area contributed by atoms with Gasteiger partial charge in [0, 0.05) is 13.2 Å². The highest BCUT2D eigenvalue weighted by Crippen LogP contribution is 2.27. The van der Waals surface area contributed by atoms with Crippen molar-refractivity contribution < 1.29 is 47.3 Å². The highest BCUT2D eigenvalue weighted by Gasteiger charge is 2.23. The van der Waals surface area contributed by atoms with Crippen LogP contribution >= 0.6 is 16.1 Å². The highest BCUT2D eigenvalue weighted by atomic mass is 31.1. The molecule has 184 valence electrons. The van der Waals surface area contributed by atoms with Gasteiger partial charge in [-0.05, 0) is 56.1 Å². The van der Waals surface area contributed by atoms with Gasteiger partial charge in [0.1, 0.15) is 13.2 Å². The summed E-state index contributed by atoms with van der Waals surface area (Å²) in [5.41, 5.74) is 0. The number of hydrogen-bond acceptors (Lipinski definition) is 10. The van der Waals surface area contributed by atoms with Gasteiger partial charge >= 0.3 is 16.1 Å². The molecule has 6 atom stereocenters. The lowest BCUT2D eigenvalue weighted by Gasteiger charge is -2.17. The van der Waals surface area contributed by atoms with Gasteiger partial charge in [0.25, 0.3) is 0 Å². The van der Waals surface area contributed by atoms with Gasteiger partial charge in [-0.3, -0.25) is 0 Å². The van der Waals surface area contributed by atoms with Gasteiger partial charge in [-0.15, -0.1) is 9.05 Å². The molecule has 0 bridgehead atoms. The fraction of sp³-hybridized carbons (Fsp3) is 1.00. The molecule has 0 heterocycles. The van der Waals surface area contributed by atoms with Crippen LogP contribution in [0.2, 0.25) is 0 Å². The molecule has 0 aliphatic rings. The first-order chi connectivity index (χ1) is 14.8. The van der Waals surface area contributed by atoms with Gasteiger partial charge in [0.15, 0.2) is 31.5 Å². The van der Waals surface area contributed by atoms with Gasteiger partial charge < -0.3 is 29.2 Å². The standard InChI is InChI=1S/C19H40O10P2/c1-5-24-18(21)14-27-19(25-6-2)15-29-31(23)11-9-7-8-10-30(22)28-13-17(4)26-12-16(3)20/h16-21H,5-15H2,1-4H3/q+2. The van der Waals surface area contributed by atoms with E-state index in [0.29, 0.717) is 38.4 Å². The van der Waals surface area contributed by atoms with Crippen LogP contribution in [-0.2, 0) is 37.1 Å². The summed E-state index contributed by atoms with van der Waals surface area (Å²) in [4.78, 5) is 0. The first kappa shape index (κ1) is 30.9. The quantitative estimate of drug-likeness (QED) is 0.133. The zero-order valence-corrected chi connectivity index (χ0v) is 20.9. The molecular formula is C19H40O10P2+2. The lowest BCUT2D eigenvalue weighted by molar-refractivity contribution is -0.207. The van der Waals surface area contributed by atoms with E-state index in [1.807, 2.05) is 0 Å². The van der Waals surface area contributed by atoms with Gasteiger partial charge in [-0.25, -0.2) is 0 Å². The van der Waals surface area contributed by atoms with Gasteiger partial charge in [0.05, 0.1) is 18.8 Å². The Morgan fingerprint density at radius 2 is 1.29 bits per heavy atom. The van der Waals surface area contributed by atoms with E-state index in [1.54, 1.807) is 27.7 Å². The SMILES string of the molecule is CCOC(O)COC(CO[P+](=O)CCCCC[P+](=O)OCC(C)OCC(C)O)OCC. The summed E-state index contributed by atoms with van der Waals surface area (Å²) in [7, 11) is -3.62. The van der Waals surface area contributed by atoms with Crippen molar-refractivity contribution >= 4 is 16.1 Å². The number of aliphatic hydroxyl groups is 2. The van der Waals surface area contributed by atoms with E-state index in [0.717, 1.165) is 6.42 Å². The molecule has 0 aliphatic heterocycles. The second kappa shape index (κ2) is 20.5. The Morgan fingerprint density at radius 1 is 0.710 bits per heavy atom. The molecule has 6 unspecified atom stereocenters. The first-order valence-electron chi connectivity index (χ1n) is 10.8. The Labute approximate surface area is 187 Å². The van der Waals surface area contributed by atoms with Crippen LogP contribution in [0.25, 0.3) is 0 Å². The largest absolute Gasteiger partial charge is 0.508 e. The molecular weight excluding hydrogens is 450 g/mol. The van der Waals surface area contributed by atoms with Gasteiger partial charge in [0.2, 0.25) is 0 Å². The van der Waals surface area contributed by atoms with Crippen LogP contribution in [0.5, 0.6) is 0 Å². The van der Waals surface area contributed by atoms with E-state index in [-0.39, 0.29) is 32.5 Å². The summed E-state index contributed by atoms with van der Waals surface area (Å²) in [6.07, 6.45) is 0.394. The van der Waals surface area contributed by atoms with Crippen molar-refractivity contribution in [3.63, 3.8) is 0 Å². The summed E-state index contributed by atoms with van der Waals surface area (Å²) in [6.45, 7) is 8.11. The minimum Gasteiger partial charge on any atom is -0.391 e. The van der Waals surface area contributed by atoms with E-state index in [9.17, 15) is 14.2 Å². The Morgan fingerprint density at radius 3 is 1.84 bits per heavy atom. The fourth-order valence-corrected chi connectivity index (χ4v) is 4.12. The average Bonchev–Trinajstić information content (AvgIpc) is 2.72. The highest BCUT2D eigenvalue weighted by molar-refractivity contribution is 7.39. The smallest absolute Gasteiger partial charge is 0.391 e. The molecule has 0 amide bonds. The van der Waals surface area contributed by atoms with Crippen molar-refractivity contribution in [2.45, 2.75) is 71.7 Å². The monoisotopic (exact) mass is 490 g/mol. The third-order valence-electron chi connectivity index (χ3n) is 3.75. The number of ether oxygens (including phenoxy) is 4. The molecule has 0 saturated heterocycles. The molecule has 0 spiro atoms. The van der Waals surface area contributed by atoms with E-state index >= 15 is 0 Å². The normalized spacial score (nSPS) is 16.6. The number of rotatable bonds is 22. The average molecular weight is 490 g/mol. The molecule has 0 aromatic heterocycles.